The summed E-state index contributed by atoms with van der Waals surface area (Å²) in [5, 5.41) is 12.7. The fourth-order valence-electron chi connectivity index (χ4n) is 1.80. The number of nitrogens with zero attached hydrogens (tertiary/aromatic N) is 3. The Morgan fingerprint density at radius 2 is 2.00 bits per heavy atom. The summed E-state index contributed by atoms with van der Waals surface area (Å²) in [5.41, 5.74) is 0.368. The molecule has 0 atom stereocenters. The highest BCUT2D eigenvalue weighted by atomic mass is 32.2. The number of hydrogen-bond acceptors (Lipinski definition) is 4. The zero-order valence-electron chi connectivity index (χ0n) is 9.39. The molecule has 1 aliphatic heterocycles. The Morgan fingerprint density at radius 1 is 1.26 bits per heavy atom. The van der Waals surface area contributed by atoms with Crippen molar-refractivity contribution in [1.29, 1.82) is 0 Å². The summed E-state index contributed by atoms with van der Waals surface area (Å²) in [6.45, 7) is 0. The Morgan fingerprint density at radius 3 is 2.68 bits per heavy atom. The molecule has 0 bridgehead atoms. The molecule has 96 valence electrons. The molecule has 3 rings (SSSR count). The van der Waals surface area contributed by atoms with Gasteiger partial charge in [0.1, 0.15) is 4.90 Å². The number of carbonyl (C=O) groups is 1. The van der Waals surface area contributed by atoms with Crippen molar-refractivity contribution in [3.05, 3.63) is 47.8 Å². The summed E-state index contributed by atoms with van der Waals surface area (Å²) in [7, 11) is -3.73. The summed E-state index contributed by atoms with van der Waals surface area (Å²) in [6.07, 6.45) is 2.36. The molecule has 1 N–H and O–H groups in total. The topological polar surface area (TPSA) is 102 Å². The molecule has 1 aromatic carbocycles. The number of hydrogen-bond donors (Lipinski definition) is 1. The quantitative estimate of drug-likeness (QED) is 0.821. The molecule has 8 heteroatoms. The summed E-state index contributed by atoms with van der Waals surface area (Å²) in [5.74, 6) is -1.04. The lowest BCUT2D eigenvalue weighted by Crippen LogP contribution is -2.12. The molecule has 7 nitrogen and oxygen atoms in total. The van der Waals surface area contributed by atoms with Crippen molar-refractivity contribution in [2.75, 3.05) is 0 Å². The molecule has 0 saturated carbocycles. The third kappa shape index (κ3) is 1.73. The van der Waals surface area contributed by atoms with Gasteiger partial charge in [-0.3, -0.25) is 0 Å². The van der Waals surface area contributed by atoms with Crippen LogP contribution in [0, 0.1) is 0 Å². The number of carboxylic acids is 1. The lowest BCUT2D eigenvalue weighted by Gasteiger charge is -2.00. The Bertz CT molecular complexity index is 820. The van der Waals surface area contributed by atoms with Crippen LogP contribution in [0.5, 0.6) is 0 Å². The van der Waals surface area contributed by atoms with Crippen LogP contribution in [0.2, 0.25) is 0 Å². The van der Waals surface area contributed by atoms with Gasteiger partial charge in [-0.1, -0.05) is 12.1 Å². The highest BCUT2D eigenvalue weighted by Gasteiger charge is 2.30. The van der Waals surface area contributed by atoms with Crippen LogP contribution in [0.1, 0.15) is 15.9 Å². The van der Waals surface area contributed by atoms with Crippen LogP contribution in [-0.2, 0) is 10.0 Å². The van der Waals surface area contributed by atoms with E-state index in [1.54, 1.807) is 18.2 Å². The Hall–Kier alpha value is -2.48. The summed E-state index contributed by atoms with van der Waals surface area (Å²) in [4.78, 5) is 10.9. The average molecular weight is 277 g/mol. The Labute approximate surface area is 107 Å². The summed E-state index contributed by atoms with van der Waals surface area (Å²) in [6, 6.07) is 6.32. The number of benzene rings is 1. The third-order valence-corrected chi connectivity index (χ3v) is 3.98. The maximum atomic E-state index is 11.8. The molecule has 19 heavy (non-hydrogen) atoms. The van der Waals surface area contributed by atoms with Crippen molar-refractivity contribution < 1.29 is 18.3 Å². The summed E-state index contributed by atoms with van der Waals surface area (Å²) < 4.78 is 28.4. The van der Waals surface area contributed by atoms with Crippen molar-refractivity contribution in [3.8, 4) is 0 Å². The van der Waals surface area contributed by atoms with Crippen LogP contribution in [0.3, 0.4) is 0 Å². The molecule has 0 fully saturated rings. The Kier molecular flexibility index (Phi) is 2.29. The maximum Gasteiger partial charge on any atom is 0.338 e. The lowest BCUT2D eigenvalue weighted by atomic mass is 10.2. The van der Waals surface area contributed by atoms with E-state index in [2.05, 4.69) is 9.50 Å². The normalized spacial score (nSPS) is 15.9. The van der Waals surface area contributed by atoms with Gasteiger partial charge >= 0.3 is 5.97 Å². The predicted octanol–water partition coefficient (Wildman–Crippen LogP) is 0.579. The molecule has 1 aromatic heterocycles. The molecule has 0 amide bonds. The van der Waals surface area contributed by atoms with Crippen LogP contribution in [-0.4, -0.2) is 35.1 Å². The zero-order chi connectivity index (χ0) is 13.6. The second kappa shape index (κ2) is 3.75. The van der Waals surface area contributed by atoms with Crippen molar-refractivity contribution in [3.63, 3.8) is 0 Å². The van der Waals surface area contributed by atoms with E-state index in [-0.39, 0.29) is 16.3 Å². The van der Waals surface area contributed by atoms with Crippen molar-refractivity contribution in [2.24, 2.45) is 4.40 Å². The maximum absolute atomic E-state index is 11.8. The highest BCUT2D eigenvalue weighted by Crippen LogP contribution is 2.26. The van der Waals surface area contributed by atoms with Gasteiger partial charge in [0.15, 0.2) is 5.84 Å². The second-order valence-corrected chi connectivity index (χ2v) is 5.44. The molecule has 0 unspecified atom stereocenters. The van der Waals surface area contributed by atoms with Gasteiger partial charge in [0.2, 0.25) is 0 Å². The lowest BCUT2D eigenvalue weighted by molar-refractivity contribution is 0.0697. The summed E-state index contributed by atoms with van der Waals surface area (Å²) >= 11 is 0. The van der Waals surface area contributed by atoms with Gasteiger partial charge < -0.3 is 5.11 Å². The second-order valence-electron chi connectivity index (χ2n) is 3.86. The van der Waals surface area contributed by atoms with Crippen molar-refractivity contribution in [2.45, 2.75) is 4.90 Å². The fraction of sp³-hybridized carbons (Fsp3) is 0. The molecule has 2 aromatic rings. The van der Waals surface area contributed by atoms with Gasteiger partial charge in [-0.25, -0.2) is 9.48 Å². The van der Waals surface area contributed by atoms with Crippen LogP contribution < -0.4 is 0 Å². The standard InChI is InChI=1S/C11H7N3O4S/c15-11(16)7-5-12-14(6-7)10-8-3-1-2-4-9(8)19(17,18)13-10/h1-6H,(H,15,16). The van der Waals surface area contributed by atoms with E-state index in [0.717, 1.165) is 10.9 Å². The van der Waals surface area contributed by atoms with Crippen molar-refractivity contribution in [1.82, 2.24) is 9.78 Å². The first-order chi connectivity index (χ1) is 8.99. The largest absolute Gasteiger partial charge is 0.478 e. The van der Waals surface area contributed by atoms with Gasteiger partial charge in [0.05, 0.1) is 11.8 Å². The number of rotatable bonds is 1. The third-order valence-electron chi connectivity index (χ3n) is 2.66. The molecule has 0 radical (unpaired) electrons. The molecular weight excluding hydrogens is 270 g/mol. The van der Waals surface area contributed by atoms with Crippen LogP contribution in [0.4, 0.5) is 0 Å². The molecular formula is C11H7N3O4S. The van der Waals surface area contributed by atoms with E-state index in [9.17, 15) is 13.2 Å². The van der Waals surface area contributed by atoms with Crippen LogP contribution in [0.25, 0.3) is 0 Å². The van der Waals surface area contributed by atoms with E-state index in [4.69, 9.17) is 5.11 Å². The molecule has 0 spiro atoms. The van der Waals surface area contributed by atoms with E-state index in [0.29, 0.717) is 5.56 Å². The van der Waals surface area contributed by atoms with E-state index in [1.807, 2.05) is 0 Å². The van der Waals surface area contributed by atoms with E-state index < -0.39 is 16.0 Å². The van der Waals surface area contributed by atoms with Crippen molar-refractivity contribution >= 4 is 21.8 Å². The van der Waals surface area contributed by atoms with Gasteiger partial charge in [-0.05, 0) is 12.1 Å². The molecule has 0 saturated heterocycles. The number of carboxylic acid groups (broad SMARTS) is 1. The minimum Gasteiger partial charge on any atom is -0.478 e. The predicted molar refractivity (Wildman–Crippen MR) is 64.7 cm³/mol. The van der Waals surface area contributed by atoms with E-state index >= 15 is 0 Å². The van der Waals surface area contributed by atoms with Gasteiger partial charge in [0, 0.05) is 11.8 Å². The molecule has 1 aliphatic rings. The first-order valence-corrected chi connectivity index (χ1v) is 6.66. The van der Waals surface area contributed by atoms with Gasteiger partial charge in [-0.15, -0.1) is 4.40 Å². The Balaban J connectivity index is 2.19. The number of aromatic nitrogens is 2. The minimum absolute atomic E-state index is 0.0375. The average Bonchev–Trinajstić information content (AvgIpc) is 2.94. The first kappa shape index (κ1) is 11.6. The smallest absolute Gasteiger partial charge is 0.338 e. The number of aromatic carboxylic acids is 1. The number of sulfonamides is 1. The SMILES string of the molecule is O=C(O)c1cnn(C2=NS(=O)(=O)c3ccccc32)c1. The van der Waals surface area contributed by atoms with Gasteiger partial charge in [0.25, 0.3) is 10.0 Å². The van der Waals surface area contributed by atoms with E-state index in [1.165, 1.54) is 12.3 Å². The van der Waals surface area contributed by atoms with Crippen LogP contribution in [0.15, 0.2) is 46.0 Å². The molecule has 2 heterocycles. The highest BCUT2D eigenvalue weighted by molar-refractivity contribution is 7.90. The van der Waals surface area contributed by atoms with Gasteiger partial charge in [-0.2, -0.15) is 13.5 Å². The fourth-order valence-corrected chi connectivity index (χ4v) is 3.00. The van der Waals surface area contributed by atoms with Crippen LogP contribution >= 0.6 is 0 Å². The molecule has 0 aliphatic carbocycles. The minimum atomic E-state index is -3.73. The number of fused-ring (bicyclic) bond motifs is 1. The zero-order valence-corrected chi connectivity index (χ0v) is 10.2. The monoisotopic (exact) mass is 277 g/mol. The first-order valence-electron chi connectivity index (χ1n) is 5.22.